The Balaban J connectivity index is 2.29. The van der Waals surface area contributed by atoms with Gasteiger partial charge in [-0.3, -0.25) is 4.79 Å². The molecule has 0 amide bonds. The van der Waals surface area contributed by atoms with E-state index < -0.39 is 37.1 Å². The van der Waals surface area contributed by atoms with Crippen LogP contribution in [-0.2, 0) is 9.53 Å². The minimum atomic E-state index is -1.70. The smallest absolute Gasteiger partial charge is 0.315 e. The van der Waals surface area contributed by atoms with Gasteiger partial charge < -0.3 is 9.84 Å². The number of carbonyl (C=O) groups excluding carboxylic acids is 1. The second-order valence-corrected chi connectivity index (χ2v) is 10.6. The molecule has 0 aromatic rings. The summed E-state index contributed by atoms with van der Waals surface area (Å²) in [5.74, 6) is -1.47. The molecule has 1 saturated heterocycles. The molecule has 9 heteroatoms. The SMILES string of the molecule is C[C@]12C(=O)O[C@@H](C(Cl)(Cl)Cl)C[C@@H]1CCC(C(Cl)(Cl)Cl)[C@H]2O. The van der Waals surface area contributed by atoms with Crippen LogP contribution in [0.1, 0.15) is 26.2 Å². The molecule has 0 radical (unpaired) electrons. The zero-order valence-corrected chi connectivity index (χ0v) is 15.5. The van der Waals surface area contributed by atoms with E-state index in [-0.39, 0.29) is 5.92 Å². The summed E-state index contributed by atoms with van der Waals surface area (Å²) >= 11 is 35.2. The van der Waals surface area contributed by atoms with E-state index in [4.69, 9.17) is 74.3 Å². The van der Waals surface area contributed by atoms with Crippen LogP contribution in [0, 0.1) is 17.3 Å². The Bertz CT molecular complexity index is 432. The van der Waals surface area contributed by atoms with E-state index in [2.05, 4.69) is 0 Å². The molecule has 1 unspecified atom stereocenters. The van der Waals surface area contributed by atoms with Crippen molar-refractivity contribution >= 4 is 75.6 Å². The molecule has 2 aliphatic rings. The van der Waals surface area contributed by atoms with E-state index in [1.165, 1.54) is 0 Å². The Morgan fingerprint density at radius 1 is 1.14 bits per heavy atom. The third kappa shape index (κ3) is 3.35. The number of esters is 1. The number of aliphatic hydroxyl groups excluding tert-OH is 1. The van der Waals surface area contributed by atoms with Crippen LogP contribution in [0.4, 0.5) is 0 Å². The van der Waals surface area contributed by atoms with E-state index in [9.17, 15) is 9.90 Å². The van der Waals surface area contributed by atoms with Gasteiger partial charge in [0.2, 0.25) is 3.79 Å². The number of carbonyl (C=O) groups is 1. The van der Waals surface area contributed by atoms with E-state index in [0.29, 0.717) is 19.3 Å². The highest BCUT2D eigenvalue weighted by molar-refractivity contribution is 6.68. The number of aliphatic hydroxyl groups is 1. The second kappa shape index (κ2) is 5.91. The van der Waals surface area contributed by atoms with E-state index in [1.54, 1.807) is 6.92 Å². The highest BCUT2D eigenvalue weighted by atomic mass is 35.6. The van der Waals surface area contributed by atoms with Crippen LogP contribution in [0.25, 0.3) is 0 Å². The molecule has 0 aromatic carbocycles. The van der Waals surface area contributed by atoms with E-state index in [0.717, 1.165) is 0 Å². The minimum absolute atomic E-state index is 0.196. The van der Waals surface area contributed by atoms with Crippen LogP contribution in [0.5, 0.6) is 0 Å². The van der Waals surface area contributed by atoms with Gasteiger partial charge in [0.1, 0.15) is 6.10 Å². The summed E-state index contributed by atoms with van der Waals surface area (Å²) in [4.78, 5) is 12.4. The van der Waals surface area contributed by atoms with E-state index in [1.807, 2.05) is 0 Å². The minimum Gasteiger partial charge on any atom is -0.457 e. The van der Waals surface area contributed by atoms with Gasteiger partial charge in [-0.25, -0.2) is 0 Å². The Morgan fingerprint density at radius 2 is 1.71 bits per heavy atom. The topological polar surface area (TPSA) is 46.5 Å². The van der Waals surface area contributed by atoms with Gasteiger partial charge in [-0.05, 0) is 32.1 Å². The molecular weight excluding hydrogens is 405 g/mol. The summed E-state index contributed by atoms with van der Waals surface area (Å²) in [6.07, 6.45) is -0.573. The fourth-order valence-corrected chi connectivity index (χ4v) is 4.34. The van der Waals surface area contributed by atoms with Gasteiger partial charge in [-0.15, -0.1) is 0 Å². The molecule has 1 aliphatic heterocycles. The molecule has 0 bridgehead atoms. The van der Waals surface area contributed by atoms with Crippen LogP contribution < -0.4 is 0 Å². The summed E-state index contributed by atoms with van der Waals surface area (Å²) in [5, 5.41) is 10.6. The Hall–Kier alpha value is 1.17. The third-order valence-corrected chi connectivity index (χ3v) is 6.21. The first-order valence-electron chi connectivity index (χ1n) is 6.41. The predicted molar refractivity (Wildman–Crippen MR) is 85.4 cm³/mol. The molecule has 2 fully saturated rings. The molecule has 2 rings (SSSR count). The number of fused-ring (bicyclic) bond motifs is 1. The molecule has 0 spiro atoms. The predicted octanol–water partition coefficient (Wildman–Crippen LogP) is 4.44. The monoisotopic (exact) mass is 416 g/mol. The van der Waals surface area contributed by atoms with Crippen molar-refractivity contribution in [2.75, 3.05) is 0 Å². The number of cyclic esters (lactones) is 1. The first kappa shape index (κ1) is 18.5. The van der Waals surface area contributed by atoms with Gasteiger partial charge in [0.25, 0.3) is 0 Å². The van der Waals surface area contributed by atoms with Crippen molar-refractivity contribution < 1.29 is 14.6 Å². The molecular formula is C12H14Cl6O3. The summed E-state index contributed by atoms with van der Waals surface area (Å²) < 4.78 is 1.88. The van der Waals surface area contributed by atoms with Crippen LogP contribution in [0.15, 0.2) is 0 Å². The number of halogens is 6. The lowest BCUT2D eigenvalue weighted by Crippen LogP contribution is -2.60. The van der Waals surface area contributed by atoms with Crippen molar-refractivity contribution in [3.05, 3.63) is 0 Å². The molecule has 122 valence electrons. The van der Waals surface area contributed by atoms with Gasteiger partial charge in [-0.2, -0.15) is 0 Å². The first-order chi connectivity index (χ1) is 9.38. The molecule has 1 aliphatic carbocycles. The average molecular weight is 419 g/mol. The number of hydrogen-bond donors (Lipinski definition) is 1. The fraction of sp³-hybridized carbons (Fsp3) is 0.917. The second-order valence-electron chi connectivity index (χ2n) is 5.82. The van der Waals surface area contributed by atoms with Gasteiger partial charge in [0, 0.05) is 5.92 Å². The van der Waals surface area contributed by atoms with Crippen molar-refractivity contribution in [2.45, 2.75) is 46.0 Å². The Morgan fingerprint density at radius 3 is 2.19 bits per heavy atom. The molecule has 3 nitrogen and oxygen atoms in total. The van der Waals surface area contributed by atoms with Gasteiger partial charge in [-0.1, -0.05) is 69.6 Å². The molecule has 1 heterocycles. The zero-order chi connectivity index (χ0) is 16.2. The molecule has 0 aromatic heterocycles. The van der Waals surface area contributed by atoms with Gasteiger partial charge >= 0.3 is 5.97 Å². The highest BCUT2D eigenvalue weighted by Crippen LogP contribution is 2.56. The maximum atomic E-state index is 12.4. The van der Waals surface area contributed by atoms with Crippen molar-refractivity contribution in [1.82, 2.24) is 0 Å². The maximum Gasteiger partial charge on any atom is 0.315 e. The van der Waals surface area contributed by atoms with Crippen molar-refractivity contribution in [3.8, 4) is 0 Å². The summed E-state index contributed by atoms with van der Waals surface area (Å²) in [5.41, 5.74) is -1.17. The van der Waals surface area contributed by atoms with Crippen molar-refractivity contribution in [1.29, 1.82) is 0 Å². The van der Waals surface area contributed by atoms with Crippen molar-refractivity contribution in [3.63, 3.8) is 0 Å². The molecule has 1 N–H and O–H groups in total. The number of ether oxygens (including phenoxy) is 1. The number of alkyl halides is 6. The lowest BCUT2D eigenvalue weighted by molar-refractivity contribution is -0.198. The van der Waals surface area contributed by atoms with Crippen molar-refractivity contribution in [2.24, 2.45) is 17.3 Å². The maximum absolute atomic E-state index is 12.4. The fourth-order valence-electron chi connectivity index (χ4n) is 3.25. The average Bonchev–Trinajstić information content (AvgIpc) is 2.29. The summed E-state index contributed by atoms with van der Waals surface area (Å²) in [6, 6.07) is 0. The number of hydrogen-bond acceptors (Lipinski definition) is 3. The quantitative estimate of drug-likeness (QED) is 0.467. The summed E-state index contributed by atoms with van der Waals surface area (Å²) in [6.45, 7) is 1.61. The number of rotatable bonds is 0. The molecule has 21 heavy (non-hydrogen) atoms. The van der Waals surface area contributed by atoms with Crippen LogP contribution >= 0.6 is 69.6 Å². The first-order valence-corrected chi connectivity index (χ1v) is 8.67. The molecule has 5 atom stereocenters. The summed E-state index contributed by atoms with van der Waals surface area (Å²) in [7, 11) is 0. The van der Waals surface area contributed by atoms with E-state index >= 15 is 0 Å². The zero-order valence-electron chi connectivity index (χ0n) is 11.0. The van der Waals surface area contributed by atoms with Crippen LogP contribution in [0.3, 0.4) is 0 Å². The highest BCUT2D eigenvalue weighted by Gasteiger charge is 2.62. The van der Waals surface area contributed by atoms with Crippen LogP contribution in [0.2, 0.25) is 0 Å². The Labute approximate surface area is 153 Å². The Kier molecular flexibility index (Phi) is 5.21. The van der Waals surface area contributed by atoms with Gasteiger partial charge in [0.05, 0.1) is 11.5 Å². The van der Waals surface area contributed by atoms with Crippen LogP contribution in [-0.4, -0.2) is 30.9 Å². The largest absolute Gasteiger partial charge is 0.457 e. The standard InChI is InChI=1S/C12H14Cl6O3/c1-10-5(2-3-6(8(10)19)11(13,14)15)4-7(12(16,17)18)21-9(10)20/h5-8,19H,2-4H2,1H3/t5-,6?,7+,8+,10-/m0/s1. The molecule has 1 saturated carbocycles. The van der Waals surface area contributed by atoms with Gasteiger partial charge in [0.15, 0.2) is 3.79 Å². The lowest BCUT2D eigenvalue weighted by atomic mass is 9.59. The third-order valence-electron chi connectivity index (χ3n) is 4.64. The normalized spacial score (nSPS) is 41.4. The lowest BCUT2D eigenvalue weighted by Gasteiger charge is -2.52.